The molecule has 1 aromatic carbocycles. The first-order chi connectivity index (χ1) is 17.5. The predicted octanol–water partition coefficient (Wildman–Crippen LogP) is 6.78. The zero-order valence-electron chi connectivity index (χ0n) is 22.3. The summed E-state index contributed by atoms with van der Waals surface area (Å²) < 4.78 is 0. The lowest BCUT2D eigenvalue weighted by molar-refractivity contribution is -0.151. The molecule has 200 valence electrons. The minimum Gasteiger partial charge on any atom is -0.481 e. The van der Waals surface area contributed by atoms with E-state index in [1.54, 1.807) is 6.92 Å². The summed E-state index contributed by atoms with van der Waals surface area (Å²) in [5, 5.41) is 20.7. The Morgan fingerprint density at radius 3 is 2.36 bits per heavy atom. The largest absolute Gasteiger partial charge is 0.481 e. The number of rotatable bonds is 14. The molecule has 0 radical (unpaired) electrons. The highest BCUT2D eigenvalue weighted by molar-refractivity contribution is 5.71. The molecule has 0 bridgehead atoms. The molecule has 0 spiro atoms. The number of hydrogen-bond acceptors (Lipinski definition) is 3. The van der Waals surface area contributed by atoms with Crippen LogP contribution in [-0.4, -0.2) is 28.8 Å². The minimum absolute atomic E-state index is 0.0792. The zero-order chi connectivity index (χ0) is 25.8. The summed E-state index contributed by atoms with van der Waals surface area (Å²) in [6.07, 6.45) is 22.8. The highest BCUT2D eigenvalue weighted by atomic mass is 16.4. The molecule has 0 aliphatic heterocycles. The third kappa shape index (κ3) is 8.59. The van der Waals surface area contributed by atoms with Crippen LogP contribution in [0.3, 0.4) is 0 Å². The van der Waals surface area contributed by atoms with E-state index in [-0.39, 0.29) is 17.8 Å². The second-order valence-corrected chi connectivity index (χ2v) is 11.3. The van der Waals surface area contributed by atoms with Crippen molar-refractivity contribution >= 4 is 5.97 Å². The SMILES string of the molecule is C[C@H](O)[C@H](C(=O)O)[C@H]1[C@@H](CCN)[C@H](CCCC=CCCC2CCCCC2)C=C[C@H]1Cc1ccccc1. The highest BCUT2D eigenvalue weighted by Crippen LogP contribution is 2.45. The van der Waals surface area contributed by atoms with E-state index in [0.717, 1.165) is 38.0 Å². The lowest BCUT2D eigenvalue weighted by Gasteiger charge is -2.44. The maximum absolute atomic E-state index is 12.3. The van der Waals surface area contributed by atoms with Crippen molar-refractivity contribution in [2.24, 2.45) is 41.2 Å². The first kappa shape index (κ1) is 28.7. The number of aliphatic hydroxyl groups excluding tert-OH is 1. The summed E-state index contributed by atoms with van der Waals surface area (Å²) in [7, 11) is 0. The van der Waals surface area contributed by atoms with Gasteiger partial charge in [-0.25, -0.2) is 0 Å². The molecule has 4 N–H and O–H groups in total. The van der Waals surface area contributed by atoms with E-state index in [1.807, 2.05) is 18.2 Å². The van der Waals surface area contributed by atoms with Gasteiger partial charge >= 0.3 is 5.97 Å². The standard InChI is InChI=1S/C32H49NO3/c1-24(34)30(32(35)36)31-28(23-26-16-10-6-11-17-26)20-19-27(29(31)21-22-33)18-12-4-2-3-7-13-25-14-8-5-9-15-25/h2-3,6,10-11,16-17,19-20,24-25,27-31,34H,4-5,7-9,12-15,18,21-23,33H2,1H3,(H,35,36)/t24-,27+,28-,29-,30-,31+/m0/s1. The van der Waals surface area contributed by atoms with Crippen LogP contribution < -0.4 is 5.73 Å². The van der Waals surface area contributed by atoms with Crippen molar-refractivity contribution in [1.29, 1.82) is 0 Å². The number of unbranched alkanes of at least 4 members (excludes halogenated alkanes) is 1. The van der Waals surface area contributed by atoms with Gasteiger partial charge < -0.3 is 15.9 Å². The van der Waals surface area contributed by atoms with Crippen LogP contribution in [0.25, 0.3) is 0 Å². The molecule has 0 aromatic heterocycles. The van der Waals surface area contributed by atoms with Gasteiger partial charge in [-0.15, -0.1) is 0 Å². The summed E-state index contributed by atoms with van der Waals surface area (Å²) in [5.74, 6) is -0.332. The van der Waals surface area contributed by atoms with Crippen molar-refractivity contribution in [3.63, 3.8) is 0 Å². The molecule has 3 rings (SSSR count). The molecule has 0 heterocycles. The summed E-state index contributed by atoms with van der Waals surface area (Å²) in [6, 6.07) is 10.3. The zero-order valence-corrected chi connectivity index (χ0v) is 22.3. The molecule has 0 saturated heterocycles. The van der Waals surface area contributed by atoms with Crippen molar-refractivity contribution < 1.29 is 15.0 Å². The number of nitrogens with two attached hydrogens (primary N) is 1. The van der Waals surface area contributed by atoms with E-state index in [1.165, 1.54) is 50.5 Å². The molecule has 1 saturated carbocycles. The van der Waals surface area contributed by atoms with Gasteiger partial charge in [-0.05, 0) is 93.6 Å². The summed E-state index contributed by atoms with van der Waals surface area (Å²) >= 11 is 0. The van der Waals surface area contributed by atoms with E-state index in [4.69, 9.17) is 5.73 Å². The van der Waals surface area contributed by atoms with Crippen LogP contribution in [-0.2, 0) is 11.2 Å². The van der Waals surface area contributed by atoms with Crippen LogP contribution in [0.5, 0.6) is 0 Å². The molecule has 1 fully saturated rings. The molecule has 4 nitrogen and oxygen atoms in total. The van der Waals surface area contributed by atoms with Crippen LogP contribution in [0.2, 0.25) is 0 Å². The van der Waals surface area contributed by atoms with E-state index in [0.29, 0.717) is 12.5 Å². The molecule has 0 unspecified atom stereocenters. The number of carbonyl (C=O) groups is 1. The third-order valence-electron chi connectivity index (χ3n) is 8.72. The number of allylic oxidation sites excluding steroid dienone is 4. The maximum Gasteiger partial charge on any atom is 0.309 e. The van der Waals surface area contributed by atoms with Crippen molar-refractivity contribution in [3.8, 4) is 0 Å². The van der Waals surface area contributed by atoms with Gasteiger partial charge in [0.25, 0.3) is 0 Å². The van der Waals surface area contributed by atoms with Crippen LogP contribution in [0.4, 0.5) is 0 Å². The molecule has 1 aromatic rings. The van der Waals surface area contributed by atoms with Crippen molar-refractivity contribution in [2.75, 3.05) is 6.54 Å². The quantitative estimate of drug-likeness (QED) is 0.196. The van der Waals surface area contributed by atoms with Gasteiger partial charge in [0, 0.05) is 0 Å². The average molecular weight is 496 g/mol. The molecule has 2 aliphatic carbocycles. The van der Waals surface area contributed by atoms with Gasteiger partial charge in [0.1, 0.15) is 0 Å². The fourth-order valence-corrected chi connectivity index (χ4v) is 6.90. The Balaban J connectivity index is 1.63. The Morgan fingerprint density at radius 1 is 1.00 bits per heavy atom. The minimum atomic E-state index is -0.898. The maximum atomic E-state index is 12.3. The Labute approximate surface area is 219 Å². The molecular formula is C32H49NO3. The van der Waals surface area contributed by atoms with Gasteiger partial charge in [0.05, 0.1) is 12.0 Å². The molecular weight excluding hydrogens is 446 g/mol. The molecule has 2 aliphatic rings. The lowest BCUT2D eigenvalue weighted by Crippen LogP contribution is -2.45. The summed E-state index contributed by atoms with van der Waals surface area (Å²) in [6.45, 7) is 2.17. The highest BCUT2D eigenvalue weighted by Gasteiger charge is 2.44. The number of benzene rings is 1. The number of hydrogen-bond donors (Lipinski definition) is 3. The fourth-order valence-electron chi connectivity index (χ4n) is 6.90. The van der Waals surface area contributed by atoms with Crippen molar-refractivity contribution in [2.45, 2.75) is 90.1 Å². The normalized spacial score (nSPS) is 26.8. The van der Waals surface area contributed by atoms with Crippen molar-refractivity contribution in [1.82, 2.24) is 0 Å². The molecule has 4 heteroatoms. The van der Waals surface area contributed by atoms with Crippen molar-refractivity contribution in [3.05, 3.63) is 60.2 Å². The number of carboxylic acids is 1. The first-order valence-electron chi connectivity index (χ1n) is 14.5. The third-order valence-corrected chi connectivity index (χ3v) is 8.72. The van der Waals surface area contributed by atoms with Gasteiger partial charge in [-0.1, -0.05) is 86.7 Å². The van der Waals surface area contributed by atoms with E-state index < -0.39 is 18.0 Å². The predicted molar refractivity (Wildman–Crippen MR) is 149 cm³/mol. The van der Waals surface area contributed by atoms with Gasteiger partial charge in [0.2, 0.25) is 0 Å². The van der Waals surface area contributed by atoms with E-state index in [9.17, 15) is 15.0 Å². The van der Waals surface area contributed by atoms with Crippen LogP contribution >= 0.6 is 0 Å². The monoisotopic (exact) mass is 495 g/mol. The second-order valence-electron chi connectivity index (χ2n) is 11.3. The van der Waals surface area contributed by atoms with Gasteiger partial charge in [-0.3, -0.25) is 4.79 Å². The second kappa shape index (κ2) is 15.4. The van der Waals surface area contributed by atoms with Crippen LogP contribution in [0.1, 0.15) is 83.1 Å². The van der Waals surface area contributed by atoms with Crippen LogP contribution in [0.15, 0.2) is 54.6 Å². The van der Waals surface area contributed by atoms with Gasteiger partial charge in [0.15, 0.2) is 0 Å². The number of carboxylic acid groups (broad SMARTS) is 1. The van der Waals surface area contributed by atoms with E-state index in [2.05, 4.69) is 36.4 Å². The Bertz CT molecular complexity index is 812. The Morgan fingerprint density at radius 2 is 1.69 bits per heavy atom. The molecule has 0 amide bonds. The number of aliphatic carboxylic acids is 1. The Hall–Kier alpha value is -1.91. The summed E-state index contributed by atoms with van der Waals surface area (Å²) in [5.41, 5.74) is 7.26. The topological polar surface area (TPSA) is 83.5 Å². The number of aliphatic hydroxyl groups is 1. The molecule has 36 heavy (non-hydrogen) atoms. The smallest absolute Gasteiger partial charge is 0.309 e. The molecule has 6 atom stereocenters. The average Bonchev–Trinajstić information content (AvgIpc) is 2.87. The lowest BCUT2D eigenvalue weighted by atomic mass is 9.61. The van der Waals surface area contributed by atoms with E-state index >= 15 is 0 Å². The summed E-state index contributed by atoms with van der Waals surface area (Å²) in [4.78, 5) is 12.3. The van der Waals surface area contributed by atoms with Crippen LogP contribution in [0, 0.1) is 35.5 Å². The Kier molecular flexibility index (Phi) is 12.2. The van der Waals surface area contributed by atoms with Gasteiger partial charge in [-0.2, -0.15) is 0 Å². The fraction of sp³-hybridized carbons (Fsp3) is 0.656. The first-order valence-corrected chi connectivity index (χ1v) is 14.5.